The molecule has 2 N–H and O–H groups in total. The van der Waals surface area contributed by atoms with E-state index in [1.807, 2.05) is 0 Å². The van der Waals surface area contributed by atoms with E-state index in [1.165, 1.54) is 30.5 Å². The number of hydrogen-bond acceptors (Lipinski definition) is 3. The Bertz CT molecular complexity index is 631. The maximum atomic E-state index is 13.2. The maximum Gasteiger partial charge on any atom is 0.321 e. The van der Waals surface area contributed by atoms with Crippen LogP contribution in [-0.2, 0) is 11.3 Å². The van der Waals surface area contributed by atoms with Gasteiger partial charge in [0.05, 0.1) is 6.54 Å². The zero-order valence-electron chi connectivity index (χ0n) is 14.7. The highest BCUT2D eigenvalue weighted by atomic mass is 19.1. The van der Waals surface area contributed by atoms with E-state index in [2.05, 4.69) is 16.7 Å². The molecule has 0 saturated carbocycles. The topological polar surface area (TPSA) is 61.4 Å². The Labute approximate surface area is 148 Å². The number of allylic oxidation sites excluding steroid dienone is 1. The highest BCUT2D eigenvalue weighted by Gasteiger charge is 2.11. The molecular weight excluding hydrogens is 321 g/mol. The van der Waals surface area contributed by atoms with E-state index >= 15 is 0 Å². The summed E-state index contributed by atoms with van der Waals surface area (Å²) in [7, 11) is 1.75. The fourth-order valence-corrected chi connectivity index (χ4v) is 2.93. The van der Waals surface area contributed by atoms with E-state index < -0.39 is 6.03 Å². The number of carbonyl (C=O) groups excluding carboxylic acids is 2. The van der Waals surface area contributed by atoms with Crippen LogP contribution in [0.4, 0.5) is 9.18 Å². The van der Waals surface area contributed by atoms with Gasteiger partial charge in [-0.3, -0.25) is 15.0 Å². The van der Waals surface area contributed by atoms with Gasteiger partial charge in [-0.25, -0.2) is 9.18 Å². The van der Waals surface area contributed by atoms with Gasteiger partial charge in [-0.15, -0.1) is 0 Å². The second-order valence-corrected chi connectivity index (χ2v) is 6.46. The van der Waals surface area contributed by atoms with Crippen LogP contribution in [0.15, 0.2) is 35.9 Å². The Morgan fingerprint density at radius 3 is 2.84 bits per heavy atom. The Morgan fingerprint density at radius 1 is 1.28 bits per heavy atom. The lowest BCUT2D eigenvalue weighted by atomic mass is 9.97. The van der Waals surface area contributed by atoms with Crippen molar-refractivity contribution in [2.75, 3.05) is 20.1 Å². The number of hydrogen-bond donors (Lipinski definition) is 2. The summed E-state index contributed by atoms with van der Waals surface area (Å²) in [5, 5.41) is 5.03. The van der Waals surface area contributed by atoms with Gasteiger partial charge in [0.15, 0.2) is 0 Å². The standard InChI is InChI=1S/C19H26FN3O2/c1-23(13-16-8-5-9-17(20)12-16)14-18(24)22-19(25)21-11-10-15-6-3-2-4-7-15/h5-6,8-9,12H,2-4,7,10-11,13-14H2,1H3,(H2,21,22,24,25). The summed E-state index contributed by atoms with van der Waals surface area (Å²) in [6.07, 6.45) is 7.77. The number of urea groups is 1. The minimum Gasteiger partial charge on any atom is -0.337 e. The highest BCUT2D eigenvalue weighted by Crippen LogP contribution is 2.19. The normalized spacial score (nSPS) is 14.1. The SMILES string of the molecule is CN(CC(=O)NC(=O)NCCC1=CCCCC1)Cc1cccc(F)c1. The molecule has 0 atom stereocenters. The van der Waals surface area contributed by atoms with Crippen molar-refractivity contribution in [3.05, 3.63) is 47.3 Å². The predicted molar refractivity (Wildman–Crippen MR) is 95.4 cm³/mol. The van der Waals surface area contributed by atoms with Crippen LogP contribution in [0.5, 0.6) is 0 Å². The Kier molecular flexibility index (Phi) is 7.60. The Balaban J connectivity index is 1.64. The minimum absolute atomic E-state index is 0.0646. The zero-order chi connectivity index (χ0) is 18.1. The van der Waals surface area contributed by atoms with Crippen LogP contribution in [-0.4, -0.2) is 37.0 Å². The van der Waals surface area contributed by atoms with Crippen LogP contribution in [0, 0.1) is 5.82 Å². The number of carbonyl (C=O) groups is 2. The van der Waals surface area contributed by atoms with E-state index in [0.29, 0.717) is 13.1 Å². The lowest BCUT2D eigenvalue weighted by Crippen LogP contribution is -2.44. The first kappa shape index (κ1) is 19.1. The molecule has 0 heterocycles. The third kappa shape index (κ3) is 7.47. The molecule has 1 aromatic rings. The lowest BCUT2D eigenvalue weighted by Gasteiger charge is -2.16. The van der Waals surface area contributed by atoms with E-state index in [4.69, 9.17) is 0 Å². The molecule has 1 aliphatic rings. The molecule has 136 valence electrons. The summed E-state index contributed by atoms with van der Waals surface area (Å²) in [6.45, 7) is 1.03. The summed E-state index contributed by atoms with van der Waals surface area (Å²) in [6, 6.07) is 5.77. The van der Waals surface area contributed by atoms with Crippen LogP contribution in [0.3, 0.4) is 0 Å². The number of amides is 3. The maximum absolute atomic E-state index is 13.2. The fraction of sp³-hybridized carbons (Fsp3) is 0.474. The number of halogens is 1. The molecule has 0 radical (unpaired) electrons. The van der Waals surface area contributed by atoms with Gasteiger partial charge in [0.1, 0.15) is 5.82 Å². The molecule has 0 fully saturated rings. The molecule has 0 unspecified atom stereocenters. The van der Waals surface area contributed by atoms with Gasteiger partial charge in [-0.2, -0.15) is 0 Å². The molecule has 2 rings (SSSR count). The first-order chi connectivity index (χ1) is 12.0. The van der Waals surface area contributed by atoms with E-state index in [1.54, 1.807) is 24.1 Å². The van der Waals surface area contributed by atoms with Crippen LogP contribution >= 0.6 is 0 Å². The number of benzene rings is 1. The lowest BCUT2D eigenvalue weighted by molar-refractivity contribution is -0.120. The third-order valence-corrected chi connectivity index (χ3v) is 4.12. The van der Waals surface area contributed by atoms with Crippen molar-refractivity contribution >= 4 is 11.9 Å². The molecule has 1 aromatic carbocycles. The van der Waals surface area contributed by atoms with Crippen molar-refractivity contribution < 1.29 is 14.0 Å². The summed E-state index contributed by atoms with van der Waals surface area (Å²) in [4.78, 5) is 25.4. The van der Waals surface area contributed by atoms with Crippen LogP contribution < -0.4 is 10.6 Å². The Morgan fingerprint density at radius 2 is 2.12 bits per heavy atom. The Hall–Kier alpha value is -2.21. The second kappa shape index (κ2) is 9.93. The summed E-state index contributed by atoms with van der Waals surface area (Å²) < 4.78 is 13.2. The summed E-state index contributed by atoms with van der Waals surface area (Å²) >= 11 is 0. The van der Waals surface area contributed by atoms with Crippen molar-refractivity contribution in [1.82, 2.24) is 15.5 Å². The summed E-state index contributed by atoms with van der Waals surface area (Å²) in [5.41, 5.74) is 2.16. The van der Waals surface area contributed by atoms with Crippen molar-refractivity contribution in [2.24, 2.45) is 0 Å². The molecule has 1 aliphatic carbocycles. The molecule has 6 heteroatoms. The number of nitrogens with zero attached hydrogens (tertiary/aromatic N) is 1. The number of rotatable bonds is 7. The smallest absolute Gasteiger partial charge is 0.321 e. The van der Waals surface area contributed by atoms with Crippen molar-refractivity contribution in [3.63, 3.8) is 0 Å². The summed E-state index contributed by atoms with van der Waals surface area (Å²) in [5.74, 6) is -0.684. The first-order valence-electron chi connectivity index (χ1n) is 8.71. The molecule has 25 heavy (non-hydrogen) atoms. The average Bonchev–Trinajstić information content (AvgIpc) is 2.55. The molecule has 5 nitrogen and oxygen atoms in total. The van der Waals surface area contributed by atoms with Crippen LogP contribution in [0.1, 0.15) is 37.7 Å². The van der Waals surface area contributed by atoms with Gasteiger partial charge in [0.25, 0.3) is 0 Å². The van der Waals surface area contributed by atoms with E-state index in [0.717, 1.165) is 24.8 Å². The quantitative estimate of drug-likeness (QED) is 0.746. The molecule has 0 spiro atoms. The third-order valence-electron chi connectivity index (χ3n) is 4.12. The van der Waals surface area contributed by atoms with Gasteiger partial charge in [0, 0.05) is 13.1 Å². The number of imide groups is 1. The van der Waals surface area contributed by atoms with Crippen molar-refractivity contribution in [1.29, 1.82) is 0 Å². The molecule has 0 saturated heterocycles. The monoisotopic (exact) mass is 347 g/mol. The molecule has 0 bridgehead atoms. The largest absolute Gasteiger partial charge is 0.337 e. The molecule has 0 aromatic heterocycles. The molecule has 3 amide bonds. The average molecular weight is 347 g/mol. The van der Waals surface area contributed by atoms with Crippen molar-refractivity contribution in [3.8, 4) is 0 Å². The second-order valence-electron chi connectivity index (χ2n) is 6.46. The number of nitrogens with one attached hydrogen (secondary N) is 2. The van der Waals surface area contributed by atoms with E-state index in [9.17, 15) is 14.0 Å². The van der Waals surface area contributed by atoms with Gasteiger partial charge in [-0.05, 0) is 56.8 Å². The van der Waals surface area contributed by atoms with Crippen molar-refractivity contribution in [2.45, 2.75) is 38.6 Å². The van der Waals surface area contributed by atoms with Crippen LogP contribution in [0.2, 0.25) is 0 Å². The van der Waals surface area contributed by atoms with Gasteiger partial charge in [-0.1, -0.05) is 23.8 Å². The fourth-order valence-electron chi connectivity index (χ4n) is 2.93. The predicted octanol–water partition coefficient (Wildman–Crippen LogP) is 2.97. The van der Waals surface area contributed by atoms with E-state index in [-0.39, 0.29) is 18.3 Å². The molecule has 0 aliphatic heterocycles. The zero-order valence-corrected chi connectivity index (χ0v) is 14.7. The molecular formula is C19H26FN3O2. The highest BCUT2D eigenvalue weighted by molar-refractivity contribution is 5.95. The van der Waals surface area contributed by atoms with Gasteiger partial charge in [0.2, 0.25) is 5.91 Å². The minimum atomic E-state index is -0.472. The van der Waals surface area contributed by atoms with Crippen LogP contribution in [0.25, 0.3) is 0 Å². The van der Waals surface area contributed by atoms with Gasteiger partial charge < -0.3 is 5.32 Å². The van der Waals surface area contributed by atoms with Gasteiger partial charge >= 0.3 is 6.03 Å². The number of likely N-dealkylation sites (N-methyl/N-ethyl adjacent to an activating group) is 1. The first-order valence-corrected chi connectivity index (χ1v) is 8.71.